The summed E-state index contributed by atoms with van der Waals surface area (Å²) in [5.41, 5.74) is 6.89. The van der Waals surface area contributed by atoms with Gasteiger partial charge in [0.25, 0.3) is 0 Å². The standard InChI is InChI=1S/C12H20N2/c1-2-3-4-7-11(10-13)12-8-5-6-9-14-12/h5-6,8-9,11H,2-4,7,10,13H2,1H3. The van der Waals surface area contributed by atoms with Crippen molar-refractivity contribution in [2.45, 2.75) is 38.5 Å². The van der Waals surface area contributed by atoms with Crippen molar-refractivity contribution in [3.8, 4) is 0 Å². The Morgan fingerprint density at radius 2 is 2.21 bits per heavy atom. The van der Waals surface area contributed by atoms with E-state index >= 15 is 0 Å². The molecular formula is C12H20N2. The monoisotopic (exact) mass is 192 g/mol. The summed E-state index contributed by atoms with van der Waals surface area (Å²) in [5.74, 6) is 0.447. The fourth-order valence-electron chi connectivity index (χ4n) is 1.64. The smallest absolute Gasteiger partial charge is 0.0447 e. The van der Waals surface area contributed by atoms with E-state index in [9.17, 15) is 0 Å². The van der Waals surface area contributed by atoms with E-state index in [2.05, 4.69) is 18.0 Å². The van der Waals surface area contributed by atoms with Crippen LogP contribution in [0.25, 0.3) is 0 Å². The van der Waals surface area contributed by atoms with Crippen LogP contribution in [0.5, 0.6) is 0 Å². The van der Waals surface area contributed by atoms with E-state index in [4.69, 9.17) is 5.73 Å². The summed E-state index contributed by atoms with van der Waals surface area (Å²) >= 11 is 0. The summed E-state index contributed by atoms with van der Waals surface area (Å²) in [6.07, 6.45) is 6.83. The highest BCUT2D eigenvalue weighted by Crippen LogP contribution is 2.18. The molecule has 0 aliphatic rings. The van der Waals surface area contributed by atoms with Crippen molar-refractivity contribution in [1.29, 1.82) is 0 Å². The second-order valence-corrected chi connectivity index (χ2v) is 3.68. The third-order valence-electron chi connectivity index (χ3n) is 2.55. The van der Waals surface area contributed by atoms with Gasteiger partial charge >= 0.3 is 0 Å². The predicted octanol–water partition coefficient (Wildman–Crippen LogP) is 2.70. The van der Waals surface area contributed by atoms with Crippen molar-refractivity contribution in [2.75, 3.05) is 6.54 Å². The van der Waals surface area contributed by atoms with Gasteiger partial charge in [-0.15, -0.1) is 0 Å². The molecule has 2 heteroatoms. The molecule has 1 aromatic rings. The number of rotatable bonds is 6. The lowest BCUT2D eigenvalue weighted by molar-refractivity contribution is 0.562. The molecule has 0 spiro atoms. The topological polar surface area (TPSA) is 38.9 Å². The number of unbranched alkanes of at least 4 members (excludes halogenated alkanes) is 2. The number of nitrogens with two attached hydrogens (primary N) is 1. The minimum atomic E-state index is 0.447. The highest BCUT2D eigenvalue weighted by atomic mass is 14.7. The van der Waals surface area contributed by atoms with Gasteiger partial charge in [0.1, 0.15) is 0 Å². The lowest BCUT2D eigenvalue weighted by Gasteiger charge is -2.13. The van der Waals surface area contributed by atoms with Gasteiger partial charge in [-0.2, -0.15) is 0 Å². The molecule has 0 radical (unpaired) electrons. The lowest BCUT2D eigenvalue weighted by atomic mass is 9.97. The molecule has 78 valence electrons. The second-order valence-electron chi connectivity index (χ2n) is 3.68. The SMILES string of the molecule is CCCCCC(CN)c1ccccn1. The zero-order chi connectivity index (χ0) is 10.2. The molecule has 0 fully saturated rings. The van der Waals surface area contributed by atoms with E-state index in [-0.39, 0.29) is 0 Å². The van der Waals surface area contributed by atoms with Crippen LogP contribution < -0.4 is 5.73 Å². The average molecular weight is 192 g/mol. The van der Waals surface area contributed by atoms with E-state index in [0.29, 0.717) is 12.5 Å². The summed E-state index contributed by atoms with van der Waals surface area (Å²) in [6, 6.07) is 6.05. The molecule has 2 N–H and O–H groups in total. The molecule has 0 aromatic carbocycles. The fraction of sp³-hybridized carbons (Fsp3) is 0.583. The normalized spacial score (nSPS) is 12.7. The second kappa shape index (κ2) is 6.55. The molecule has 14 heavy (non-hydrogen) atoms. The minimum Gasteiger partial charge on any atom is -0.330 e. The Kier molecular flexibility index (Phi) is 5.23. The number of aromatic nitrogens is 1. The Hall–Kier alpha value is -0.890. The molecule has 1 heterocycles. The number of hydrogen-bond donors (Lipinski definition) is 1. The maximum atomic E-state index is 5.75. The predicted molar refractivity (Wildman–Crippen MR) is 60.2 cm³/mol. The highest BCUT2D eigenvalue weighted by Gasteiger charge is 2.09. The van der Waals surface area contributed by atoms with Crippen LogP contribution in [0, 0.1) is 0 Å². The van der Waals surface area contributed by atoms with Crippen LogP contribution in [-0.2, 0) is 0 Å². The molecule has 0 saturated carbocycles. The van der Waals surface area contributed by atoms with Gasteiger partial charge in [-0.05, 0) is 18.6 Å². The van der Waals surface area contributed by atoms with Crippen LogP contribution in [0.4, 0.5) is 0 Å². The Morgan fingerprint density at radius 3 is 2.79 bits per heavy atom. The van der Waals surface area contributed by atoms with Gasteiger partial charge in [0.2, 0.25) is 0 Å². The van der Waals surface area contributed by atoms with E-state index in [1.54, 1.807) is 0 Å². The minimum absolute atomic E-state index is 0.447. The molecule has 1 aromatic heterocycles. The van der Waals surface area contributed by atoms with Gasteiger partial charge in [-0.1, -0.05) is 32.3 Å². The van der Waals surface area contributed by atoms with Crippen LogP contribution in [0.1, 0.15) is 44.2 Å². The maximum absolute atomic E-state index is 5.75. The van der Waals surface area contributed by atoms with E-state index in [1.165, 1.54) is 25.7 Å². The lowest BCUT2D eigenvalue weighted by Crippen LogP contribution is -2.13. The van der Waals surface area contributed by atoms with Crippen LogP contribution in [0.2, 0.25) is 0 Å². The summed E-state index contributed by atoms with van der Waals surface area (Å²) in [5, 5.41) is 0. The first-order chi connectivity index (χ1) is 6.88. The Morgan fingerprint density at radius 1 is 1.36 bits per heavy atom. The third kappa shape index (κ3) is 3.46. The number of hydrogen-bond acceptors (Lipinski definition) is 2. The van der Waals surface area contributed by atoms with Gasteiger partial charge in [0.15, 0.2) is 0 Å². The number of nitrogens with zero attached hydrogens (tertiary/aromatic N) is 1. The van der Waals surface area contributed by atoms with Crippen molar-refractivity contribution in [2.24, 2.45) is 5.73 Å². The van der Waals surface area contributed by atoms with Crippen LogP contribution in [-0.4, -0.2) is 11.5 Å². The summed E-state index contributed by atoms with van der Waals surface area (Å²) in [6.45, 7) is 2.93. The third-order valence-corrected chi connectivity index (χ3v) is 2.55. The van der Waals surface area contributed by atoms with Crippen molar-refractivity contribution >= 4 is 0 Å². The van der Waals surface area contributed by atoms with Crippen LogP contribution in [0.3, 0.4) is 0 Å². The number of pyridine rings is 1. The van der Waals surface area contributed by atoms with Gasteiger partial charge in [0.05, 0.1) is 0 Å². The van der Waals surface area contributed by atoms with Crippen molar-refractivity contribution < 1.29 is 0 Å². The Labute approximate surface area is 86.5 Å². The van der Waals surface area contributed by atoms with E-state index in [1.807, 2.05) is 18.3 Å². The van der Waals surface area contributed by atoms with Crippen LogP contribution >= 0.6 is 0 Å². The van der Waals surface area contributed by atoms with Gasteiger partial charge in [-0.3, -0.25) is 4.98 Å². The molecule has 1 rings (SSSR count). The molecule has 0 amide bonds. The molecule has 1 unspecified atom stereocenters. The van der Waals surface area contributed by atoms with Crippen molar-refractivity contribution in [1.82, 2.24) is 4.98 Å². The molecule has 0 saturated heterocycles. The first kappa shape index (κ1) is 11.2. The molecule has 0 aliphatic heterocycles. The van der Waals surface area contributed by atoms with E-state index in [0.717, 1.165) is 5.69 Å². The summed E-state index contributed by atoms with van der Waals surface area (Å²) < 4.78 is 0. The largest absolute Gasteiger partial charge is 0.330 e. The first-order valence-electron chi connectivity index (χ1n) is 5.49. The van der Waals surface area contributed by atoms with E-state index < -0.39 is 0 Å². The highest BCUT2D eigenvalue weighted by molar-refractivity contribution is 5.09. The first-order valence-corrected chi connectivity index (χ1v) is 5.49. The quantitative estimate of drug-likeness (QED) is 0.704. The summed E-state index contributed by atoms with van der Waals surface area (Å²) in [7, 11) is 0. The molecular weight excluding hydrogens is 172 g/mol. The molecule has 0 aliphatic carbocycles. The zero-order valence-electron chi connectivity index (χ0n) is 8.95. The van der Waals surface area contributed by atoms with Crippen molar-refractivity contribution in [3.63, 3.8) is 0 Å². The fourth-order valence-corrected chi connectivity index (χ4v) is 1.64. The van der Waals surface area contributed by atoms with Crippen LogP contribution in [0.15, 0.2) is 24.4 Å². The Bertz CT molecular complexity index is 233. The molecule has 0 bridgehead atoms. The Balaban J connectivity index is 2.46. The van der Waals surface area contributed by atoms with Gasteiger partial charge in [-0.25, -0.2) is 0 Å². The maximum Gasteiger partial charge on any atom is 0.0447 e. The molecule has 1 atom stereocenters. The van der Waals surface area contributed by atoms with Gasteiger partial charge in [0, 0.05) is 24.4 Å². The summed E-state index contributed by atoms with van der Waals surface area (Å²) in [4.78, 5) is 4.35. The molecule has 2 nitrogen and oxygen atoms in total. The van der Waals surface area contributed by atoms with Crippen molar-refractivity contribution in [3.05, 3.63) is 30.1 Å². The average Bonchev–Trinajstić information content (AvgIpc) is 2.26. The van der Waals surface area contributed by atoms with Gasteiger partial charge < -0.3 is 5.73 Å². The zero-order valence-corrected chi connectivity index (χ0v) is 8.95.